The lowest BCUT2D eigenvalue weighted by Crippen LogP contribution is -1.84. The number of hydrogen-bond donors (Lipinski definition) is 2. The Morgan fingerprint density at radius 3 is 2.82 bits per heavy atom. The summed E-state index contributed by atoms with van der Waals surface area (Å²) < 4.78 is 0. The molecule has 0 fully saturated rings. The Morgan fingerprint density at radius 2 is 2.12 bits per heavy atom. The van der Waals surface area contributed by atoms with Gasteiger partial charge >= 0.3 is 0 Å². The molecule has 3 rings (SSSR count). The highest BCUT2D eigenvalue weighted by molar-refractivity contribution is 5.85. The van der Waals surface area contributed by atoms with Crippen molar-refractivity contribution < 1.29 is 2.85 Å². The lowest BCUT2D eigenvalue weighted by molar-refractivity contribution is 0.836. The van der Waals surface area contributed by atoms with E-state index in [1.165, 1.54) is 16.6 Å². The lowest BCUT2D eigenvalue weighted by Gasteiger charge is -1.97. The SMILES string of the molecule is CC(C)c1cc2cc(-c3cn[nH]n3)ccc2[nH]1.[HH].[HH]. The van der Waals surface area contributed by atoms with Gasteiger partial charge in [-0.3, -0.25) is 0 Å². The molecule has 3 aromatic rings. The highest BCUT2D eigenvalue weighted by Crippen LogP contribution is 2.25. The van der Waals surface area contributed by atoms with Crippen molar-refractivity contribution in [2.45, 2.75) is 19.8 Å². The van der Waals surface area contributed by atoms with Gasteiger partial charge in [-0.05, 0) is 24.1 Å². The number of H-pyrrole nitrogens is 2. The van der Waals surface area contributed by atoms with Crippen LogP contribution in [0.4, 0.5) is 0 Å². The van der Waals surface area contributed by atoms with E-state index >= 15 is 0 Å². The molecule has 0 saturated heterocycles. The van der Waals surface area contributed by atoms with Crippen molar-refractivity contribution >= 4 is 10.9 Å². The maximum Gasteiger partial charge on any atom is 0.112 e. The third-order valence-corrected chi connectivity index (χ3v) is 2.97. The molecule has 4 nitrogen and oxygen atoms in total. The fourth-order valence-corrected chi connectivity index (χ4v) is 1.97. The Bertz CT molecular complexity index is 644. The minimum atomic E-state index is 0. The molecule has 0 unspecified atom stereocenters. The molecular formula is C13H18N4. The quantitative estimate of drug-likeness (QED) is 0.707. The van der Waals surface area contributed by atoms with Gasteiger partial charge in [0.05, 0.1) is 6.20 Å². The average molecular weight is 230 g/mol. The highest BCUT2D eigenvalue weighted by Gasteiger charge is 2.06. The molecule has 4 heteroatoms. The number of nitrogens with one attached hydrogen (secondary N) is 2. The van der Waals surface area contributed by atoms with Crippen LogP contribution in [0.25, 0.3) is 22.2 Å². The van der Waals surface area contributed by atoms with Gasteiger partial charge in [0.1, 0.15) is 5.69 Å². The molecule has 0 aliphatic carbocycles. The molecule has 0 atom stereocenters. The van der Waals surface area contributed by atoms with Crippen molar-refractivity contribution in [1.82, 2.24) is 20.4 Å². The first-order valence-electron chi connectivity index (χ1n) is 5.73. The van der Waals surface area contributed by atoms with Crippen molar-refractivity contribution in [3.05, 3.63) is 36.2 Å². The summed E-state index contributed by atoms with van der Waals surface area (Å²) in [5.41, 5.74) is 4.39. The zero-order chi connectivity index (χ0) is 11.8. The Hall–Kier alpha value is -2.10. The number of aromatic nitrogens is 4. The first-order valence-corrected chi connectivity index (χ1v) is 5.73. The molecule has 0 spiro atoms. The normalized spacial score (nSPS) is 11.5. The van der Waals surface area contributed by atoms with E-state index in [9.17, 15) is 0 Å². The number of hydrogen-bond acceptors (Lipinski definition) is 2. The van der Waals surface area contributed by atoms with Gasteiger partial charge in [-0.1, -0.05) is 19.9 Å². The van der Waals surface area contributed by atoms with Gasteiger partial charge in [0.15, 0.2) is 0 Å². The molecule has 17 heavy (non-hydrogen) atoms. The number of rotatable bonds is 2. The molecule has 0 aliphatic rings. The fraction of sp³-hybridized carbons (Fsp3) is 0.231. The second-order valence-electron chi connectivity index (χ2n) is 4.54. The highest BCUT2D eigenvalue weighted by atomic mass is 15.3. The van der Waals surface area contributed by atoms with Crippen LogP contribution >= 0.6 is 0 Å². The smallest absolute Gasteiger partial charge is 0.112 e. The largest absolute Gasteiger partial charge is 0.358 e. The van der Waals surface area contributed by atoms with Crippen LogP contribution in [0, 0.1) is 0 Å². The van der Waals surface area contributed by atoms with E-state index in [1.54, 1.807) is 6.20 Å². The summed E-state index contributed by atoms with van der Waals surface area (Å²) in [5.74, 6) is 0.512. The van der Waals surface area contributed by atoms with Gasteiger partial charge in [0.25, 0.3) is 0 Å². The summed E-state index contributed by atoms with van der Waals surface area (Å²) in [5, 5.41) is 11.8. The minimum absolute atomic E-state index is 0. The molecule has 1 aromatic carbocycles. The number of benzene rings is 1. The van der Waals surface area contributed by atoms with Crippen molar-refractivity contribution in [2.24, 2.45) is 0 Å². The van der Waals surface area contributed by atoms with Crippen LogP contribution in [0.1, 0.15) is 28.3 Å². The third-order valence-electron chi connectivity index (χ3n) is 2.97. The minimum Gasteiger partial charge on any atom is -0.358 e. The maximum atomic E-state index is 4.09. The summed E-state index contributed by atoms with van der Waals surface area (Å²) in [6.07, 6.45) is 1.73. The molecular weight excluding hydrogens is 212 g/mol. The molecule has 0 bridgehead atoms. The average Bonchev–Trinajstić information content (AvgIpc) is 2.97. The van der Waals surface area contributed by atoms with Gasteiger partial charge in [-0.2, -0.15) is 15.4 Å². The van der Waals surface area contributed by atoms with Crippen LogP contribution in [-0.4, -0.2) is 20.4 Å². The Kier molecular flexibility index (Phi) is 2.21. The van der Waals surface area contributed by atoms with E-state index in [-0.39, 0.29) is 2.85 Å². The molecule has 0 amide bonds. The Morgan fingerprint density at radius 1 is 1.24 bits per heavy atom. The van der Waals surface area contributed by atoms with Gasteiger partial charge in [-0.25, -0.2) is 0 Å². The molecule has 2 heterocycles. The summed E-state index contributed by atoms with van der Waals surface area (Å²) in [6, 6.07) is 8.48. The van der Waals surface area contributed by atoms with E-state index in [1.807, 2.05) is 0 Å². The third kappa shape index (κ3) is 1.71. The topological polar surface area (TPSA) is 57.4 Å². The second kappa shape index (κ2) is 3.73. The predicted molar refractivity (Wildman–Crippen MR) is 72.0 cm³/mol. The first-order chi connectivity index (χ1) is 8.24. The summed E-state index contributed by atoms with van der Waals surface area (Å²) in [6.45, 7) is 4.37. The molecule has 90 valence electrons. The summed E-state index contributed by atoms with van der Waals surface area (Å²) >= 11 is 0. The number of aromatic amines is 2. The zero-order valence-corrected chi connectivity index (χ0v) is 9.86. The molecule has 0 saturated carbocycles. The van der Waals surface area contributed by atoms with Crippen molar-refractivity contribution in [3.63, 3.8) is 0 Å². The van der Waals surface area contributed by atoms with Crippen molar-refractivity contribution in [2.75, 3.05) is 0 Å². The van der Waals surface area contributed by atoms with Crippen molar-refractivity contribution in [3.8, 4) is 11.3 Å². The van der Waals surface area contributed by atoms with E-state index in [0.29, 0.717) is 5.92 Å². The van der Waals surface area contributed by atoms with Crippen LogP contribution in [-0.2, 0) is 0 Å². The van der Waals surface area contributed by atoms with Gasteiger partial charge in [-0.15, -0.1) is 0 Å². The number of fused-ring (bicyclic) bond motifs is 1. The summed E-state index contributed by atoms with van der Waals surface area (Å²) in [7, 11) is 0. The summed E-state index contributed by atoms with van der Waals surface area (Å²) in [4.78, 5) is 3.42. The first kappa shape index (κ1) is 10.1. The Balaban J connectivity index is 0.000000902. The van der Waals surface area contributed by atoms with Crippen molar-refractivity contribution in [1.29, 1.82) is 0 Å². The number of nitrogens with zero attached hydrogens (tertiary/aromatic N) is 2. The molecule has 0 radical (unpaired) electrons. The predicted octanol–water partition coefficient (Wildman–Crippen LogP) is 3.57. The van der Waals surface area contributed by atoms with Crippen LogP contribution in [0.15, 0.2) is 30.5 Å². The van der Waals surface area contributed by atoms with Gasteiger partial charge < -0.3 is 4.98 Å². The van der Waals surface area contributed by atoms with Gasteiger partial charge in [0, 0.05) is 25.0 Å². The monoisotopic (exact) mass is 230 g/mol. The standard InChI is InChI=1S/C13H14N4.2H2/c1-8(2)12-6-10-5-9(3-4-11(10)15-12)13-7-14-17-16-13;;/h3-8,15H,1-2H3,(H,14,16,17);2*1H. The van der Waals surface area contributed by atoms with Crippen LogP contribution < -0.4 is 0 Å². The second-order valence-corrected chi connectivity index (χ2v) is 4.54. The van der Waals surface area contributed by atoms with Gasteiger partial charge in [0.2, 0.25) is 0 Å². The zero-order valence-electron chi connectivity index (χ0n) is 9.86. The van der Waals surface area contributed by atoms with E-state index < -0.39 is 0 Å². The van der Waals surface area contributed by atoms with Crippen LogP contribution in [0.3, 0.4) is 0 Å². The van der Waals surface area contributed by atoms with Crippen LogP contribution in [0.2, 0.25) is 0 Å². The maximum absolute atomic E-state index is 4.09. The molecule has 2 aromatic heterocycles. The molecule has 0 aliphatic heterocycles. The Labute approximate surface area is 102 Å². The fourth-order valence-electron chi connectivity index (χ4n) is 1.97. The molecule has 2 N–H and O–H groups in total. The lowest BCUT2D eigenvalue weighted by atomic mass is 10.1. The van der Waals surface area contributed by atoms with E-state index in [4.69, 9.17) is 0 Å². The van der Waals surface area contributed by atoms with E-state index in [0.717, 1.165) is 11.3 Å². The van der Waals surface area contributed by atoms with Crippen LogP contribution in [0.5, 0.6) is 0 Å². The van der Waals surface area contributed by atoms with E-state index in [2.05, 4.69) is 58.5 Å².